The topological polar surface area (TPSA) is 92.5 Å². The van der Waals surface area contributed by atoms with Crippen molar-refractivity contribution < 1.29 is 13.3 Å². The first-order valence-corrected chi connectivity index (χ1v) is 7.41. The lowest BCUT2D eigenvalue weighted by molar-refractivity contribution is -0.385. The molecule has 7 nitrogen and oxygen atoms in total. The number of rotatable bonds is 3. The second-order valence-corrected chi connectivity index (χ2v) is 6.20. The van der Waals surface area contributed by atoms with Gasteiger partial charge in [0.1, 0.15) is 0 Å². The Morgan fingerprint density at radius 1 is 1.25 bits per heavy atom. The molecule has 0 aromatic heterocycles. The predicted octanol–water partition coefficient (Wildman–Crippen LogP) is 1.00. The standard InChI is InChI=1S/C11H15N3O4S.ClH/c15-14(16)10-3-1-4-11(9-10)19(17,18)13-7-2-5-12-6-8-13;/h1,3-4,9,12H,2,5-8H2;1H. The van der Waals surface area contributed by atoms with E-state index < -0.39 is 14.9 Å². The van der Waals surface area contributed by atoms with Gasteiger partial charge in [-0.05, 0) is 19.0 Å². The van der Waals surface area contributed by atoms with E-state index >= 15 is 0 Å². The van der Waals surface area contributed by atoms with Crippen molar-refractivity contribution in [2.45, 2.75) is 11.3 Å². The van der Waals surface area contributed by atoms with Crippen LogP contribution in [0.3, 0.4) is 0 Å². The molecule has 0 radical (unpaired) electrons. The summed E-state index contributed by atoms with van der Waals surface area (Å²) in [6.45, 7) is 2.18. The van der Waals surface area contributed by atoms with Crippen LogP contribution < -0.4 is 5.32 Å². The smallest absolute Gasteiger partial charge is 0.270 e. The molecule has 1 fully saturated rings. The lowest BCUT2D eigenvalue weighted by Gasteiger charge is -2.19. The summed E-state index contributed by atoms with van der Waals surface area (Å²) in [5.74, 6) is 0. The van der Waals surface area contributed by atoms with E-state index in [1.165, 1.54) is 22.5 Å². The predicted molar refractivity (Wildman–Crippen MR) is 76.6 cm³/mol. The molecule has 0 spiro atoms. The first-order chi connectivity index (χ1) is 9.01. The highest BCUT2D eigenvalue weighted by Gasteiger charge is 2.26. The van der Waals surface area contributed by atoms with E-state index in [1.54, 1.807) is 0 Å². The number of nitrogens with one attached hydrogen (secondary N) is 1. The SMILES string of the molecule is Cl.O=[N+]([O-])c1cccc(S(=O)(=O)N2CCCNCC2)c1. The highest BCUT2D eigenvalue weighted by atomic mass is 35.5. The maximum atomic E-state index is 12.4. The van der Waals surface area contributed by atoms with Crippen molar-refractivity contribution in [3.05, 3.63) is 34.4 Å². The molecule has 1 N–H and O–H groups in total. The van der Waals surface area contributed by atoms with E-state index in [-0.39, 0.29) is 23.0 Å². The molecule has 2 rings (SSSR count). The number of hydrogen-bond acceptors (Lipinski definition) is 5. The van der Waals surface area contributed by atoms with Gasteiger partial charge in [0.25, 0.3) is 5.69 Å². The molecule has 20 heavy (non-hydrogen) atoms. The number of nitro groups is 1. The van der Waals surface area contributed by atoms with Crippen LogP contribution in [0, 0.1) is 10.1 Å². The summed E-state index contributed by atoms with van der Waals surface area (Å²) >= 11 is 0. The van der Waals surface area contributed by atoms with Gasteiger partial charge < -0.3 is 5.32 Å². The minimum Gasteiger partial charge on any atom is -0.315 e. The number of nitro benzene ring substituents is 1. The Hall–Kier alpha value is -1.22. The molecule has 1 saturated heterocycles. The van der Waals surface area contributed by atoms with E-state index in [0.717, 1.165) is 19.0 Å². The zero-order valence-corrected chi connectivity index (χ0v) is 12.3. The molecular weight excluding hydrogens is 306 g/mol. The minimum atomic E-state index is -3.65. The van der Waals surface area contributed by atoms with Crippen molar-refractivity contribution in [2.75, 3.05) is 26.2 Å². The zero-order chi connectivity index (χ0) is 13.9. The lowest BCUT2D eigenvalue weighted by Crippen LogP contribution is -2.34. The molecule has 0 atom stereocenters. The van der Waals surface area contributed by atoms with Gasteiger partial charge in [-0.25, -0.2) is 8.42 Å². The number of nitrogens with zero attached hydrogens (tertiary/aromatic N) is 2. The van der Waals surface area contributed by atoms with Crippen LogP contribution in [0.5, 0.6) is 0 Å². The summed E-state index contributed by atoms with van der Waals surface area (Å²) in [5, 5.41) is 13.8. The van der Waals surface area contributed by atoms with Crippen molar-refractivity contribution >= 4 is 28.1 Å². The molecule has 0 amide bonds. The van der Waals surface area contributed by atoms with Gasteiger partial charge in [0.2, 0.25) is 10.0 Å². The normalized spacial score (nSPS) is 17.0. The largest absolute Gasteiger partial charge is 0.315 e. The van der Waals surface area contributed by atoms with Crippen molar-refractivity contribution in [3.8, 4) is 0 Å². The minimum absolute atomic E-state index is 0. The maximum Gasteiger partial charge on any atom is 0.270 e. The monoisotopic (exact) mass is 321 g/mol. The molecule has 9 heteroatoms. The van der Waals surface area contributed by atoms with Gasteiger partial charge in [-0.3, -0.25) is 10.1 Å². The summed E-state index contributed by atoms with van der Waals surface area (Å²) in [5.41, 5.74) is -0.214. The van der Waals surface area contributed by atoms with Crippen LogP contribution in [0.1, 0.15) is 6.42 Å². The fraction of sp³-hybridized carbons (Fsp3) is 0.455. The number of halogens is 1. The van der Waals surface area contributed by atoms with E-state index in [9.17, 15) is 18.5 Å². The van der Waals surface area contributed by atoms with Crippen LogP contribution in [0.2, 0.25) is 0 Å². The molecule has 112 valence electrons. The van der Waals surface area contributed by atoms with Gasteiger partial charge in [0, 0.05) is 31.8 Å². The third kappa shape index (κ3) is 3.66. The quantitative estimate of drug-likeness (QED) is 0.662. The van der Waals surface area contributed by atoms with Crippen LogP contribution in [0.4, 0.5) is 5.69 Å². The Morgan fingerprint density at radius 3 is 2.70 bits per heavy atom. The van der Waals surface area contributed by atoms with Crippen LogP contribution in [0.25, 0.3) is 0 Å². The van der Waals surface area contributed by atoms with Gasteiger partial charge in [-0.2, -0.15) is 4.31 Å². The van der Waals surface area contributed by atoms with Gasteiger partial charge in [0.15, 0.2) is 0 Å². The molecule has 0 bridgehead atoms. The van der Waals surface area contributed by atoms with Crippen LogP contribution >= 0.6 is 12.4 Å². The van der Waals surface area contributed by atoms with E-state index in [2.05, 4.69) is 5.32 Å². The molecular formula is C11H16ClN3O4S. The molecule has 1 aliphatic heterocycles. The van der Waals surface area contributed by atoms with Gasteiger partial charge >= 0.3 is 0 Å². The van der Waals surface area contributed by atoms with Crippen molar-refractivity contribution in [1.82, 2.24) is 9.62 Å². The fourth-order valence-corrected chi connectivity index (χ4v) is 3.49. The molecule has 1 aromatic rings. The summed E-state index contributed by atoms with van der Waals surface area (Å²) in [6.07, 6.45) is 0.730. The first kappa shape index (κ1) is 16.8. The summed E-state index contributed by atoms with van der Waals surface area (Å²) in [7, 11) is -3.65. The molecule has 1 aromatic carbocycles. The van der Waals surface area contributed by atoms with E-state index in [1.807, 2.05) is 0 Å². The number of benzene rings is 1. The maximum absolute atomic E-state index is 12.4. The zero-order valence-electron chi connectivity index (χ0n) is 10.7. The van der Waals surface area contributed by atoms with Crippen molar-refractivity contribution in [3.63, 3.8) is 0 Å². The highest BCUT2D eigenvalue weighted by molar-refractivity contribution is 7.89. The Labute approximate surface area is 123 Å². The number of hydrogen-bond donors (Lipinski definition) is 1. The average Bonchev–Trinajstić information content (AvgIpc) is 2.68. The third-order valence-electron chi connectivity index (χ3n) is 2.97. The molecule has 1 heterocycles. The third-order valence-corrected chi connectivity index (χ3v) is 4.86. The second kappa shape index (κ2) is 6.98. The lowest BCUT2D eigenvalue weighted by atomic mass is 10.3. The van der Waals surface area contributed by atoms with Crippen LogP contribution in [-0.4, -0.2) is 43.8 Å². The second-order valence-electron chi connectivity index (χ2n) is 4.26. The van der Waals surface area contributed by atoms with Gasteiger partial charge in [0.05, 0.1) is 9.82 Å². The van der Waals surface area contributed by atoms with E-state index in [4.69, 9.17) is 0 Å². The summed E-state index contributed by atoms with van der Waals surface area (Å²) in [4.78, 5) is 10.1. The summed E-state index contributed by atoms with van der Waals surface area (Å²) in [6, 6.07) is 5.17. The van der Waals surface area contributed by atoms with Crippen LogP contribution in [0.15, 0.2) is 29.2 Å². The van der Waals surface area contributed by atoms with Gasteiger partial charge in [-0.15, -0.1) is 12.4 Å². The van der Waals surface area contributed by atoms with Crippen molar-refractivity contribution in [1.29, 1.82) is 0 Å². The van der Waals surface area contributed by atoms with Crippen LogP contribution in [-0.2, 0) is 10.0 Å². The van der Waals surface area contributed by atoms with E-state index in [0.29, 0.717) is 19.6 Å². The Balaban J connectivity index is 0.00000200. The Morgan fingerprint density at radius 2 is 2.00 bits per heavy atom. The average molecular weight is 322 g/mol. The highest BCUT2D eigenvalue weighted by Crippen LogP contribution is 2.21. The van der Waals surface area contributed by atoms with Gasteiger partial charge in [-0.1, -0.05) is 6.07 Å². The fourth-order valence-electron chi connectivity index (χ4n) is 1.97. The van der Waals surface area contributed by atoms with Crippen molar-refractivity contribution in [2.24, 2.45) is 0 Å². The molecule has 0 saturated carbocycles. The molecule has 0 aliphatic carbocycles. The Kier molecular flexibility index (Phi) is 5.88. The number of non-ortho nitro benzene ring substituents is 1. The summed E-state index contributed by atoms with van der Waals surface area (Å²) < 4.78 is 26.1. The molecule has 0 unspecified atom stereocenters. The number of sulfonamides is 1. The first-order valence-electron chi connectivity index (χ1n) is 5.97. The molecule has 1 aliphatic rings. The Bertz CT molecular complexity index is 571.